The fraction of sp³-hybridized carbons (Fsp3) is 0.250. The van der Waals surface area contributed by atoms with Crippen LogP contribution in [0, 0.1) is 0 Å². The van der Waals surface area contributed by atoms with Crippen molar-refractivity contribution in [1.29, 1.82) is 0 Å². The minimum atomic E-state index is 0.0979. The number of rotatable bonds is 7. The van der Waals surface area contributed by atoms with Crippen LogP contribution in [0.1, 0.15) is 18.6 Å². The fourth-order valence-corrected chi connectivity index (χ4v) is 2.58. The van der Waals surface area contributed by atoms with Gasteiger partial charge in [0.05, 0.1) is 19.0 Å². The van der Waals surface area contributed by atoms with Gasteiger partial charge in [0, 0.05) is 25.1 Å². The summed E-state index contributed by atoms with van der Waals surface area (Å²) in [5.74, 6) is 0.894. The van der Waals surface area contributed by atoms with Crippen LogP contribution < -0.4 is 4.74 Å². The Morgan fingerprint density at radius 3 is 2.58 bits per heavy atom. The number of hydrogen-bond donors (Lipinski definition) is 0. The largest absolute Gasteiger partial charge is 0.491 e. The van der Waals surface area contributed by atoms with Gasteiger partial charge in [-0.05, 0) is 24.1 Å². The Morgan fingerprint density at radius 1 is 1.08 bits per heavy atom. The maximum absolute atomic E-state index is 5.99. The highest BCUT2D eigenvalue weighted by atomic mass is 16.5. The number of aromatic nitrogens is 2. The van der Waals surface area contributed by atoms with E-state index >= 15 is 0 Å². The zero-order chi connectivity index (χ0) is 16.8. The highest BCUT2D eigenvalue weighted by Gasteiger charge is 2.08. The minimum absolute atomic E-state index is 0.0979. The molecule has 1 heterocycles. The predicted molar refractivity (Wildman–Crippen MR) is 95.0 cm³/mol. The molecule has 0 radical (unpaired) electrons. The van der Waals surface area contributed by atoms with Crippen molar-refractivity contribution in [2.45, 2.75) is 19.6 Å². The first-order valence-corrected chi connectivity index (χ1v) is 8.08. The van der Waals surface area contributed by atoms with Gasteiger partial charge in [-0.3, -0.25) is 0 Å². The lowest BCUT2D eigenvalue weighted by atomic mass is 10.0. The molecule has 0 fully saturated rings. The maximum Gasteiger partial charge on any atom is 0.127 e. The Morgan fingerprint density at radius 2 is 1.88 bits per heavy atom. The number of hydrogen-bond acceptors (Lipinski definition) is 3. The Bertz CT molecular complexity index is 752. The van der Waals surface area contributed by atoms with E-state index in [0.29, 0.717) is 6.61 Å². The van der Waals surface area contributed by atoms with Gasteiger partial charge in [-0.25, -0.2) is 4.98 Å². The molecule has 4 heteroatoms. The van der Waals surface area contributed by atoms with Gasteiger partial charge in [0.1, 0.15) is 12.4 Å². The summed E-state index contributed by atoms with van der Waals surface area (Å²) in [7, 11) is 1.72. The van der Waals surface area contributed by atoms with Crippen molar-refractivity contribution in [3.63, 3.8) is 0 Å². The molecule has 1 atom stereocenters. The molecule has 0 bridgehead atoms. The third-order valence-electron chi connectivity index (χ3n) is 4.10. The zero-order valence-electron chi connectivity index (χ0n) is 14.1. The van der Waals surface area contributed by atoms with Crippen LogP contribution in [0.25, 0.3) is 11.1 Å². The number of ether oxygens (including phenoxy) is 2. The molecule has 0 aliphatic rings. The summed E-state index contributed by atoms with van der Waals surface area (Å²) in [4.78, 5) is 4.04. The first kappa shape index (κ1) is 16.3. The van der Waals surface area contributed by atoms with Crippen LogP contribution in [0.2, 0.25) is 0 Å². The molecule has 0 saturated carbocycles. The van der Waals surface area contributed by atoms with Crippen LogP contribution in [0.3, 0.4) is 0 Å². The van der Waals surface area contributed by atoms with Gasteiger partial charge in [0.25, 0.3) is 0 Å². The quantitative estimate of drug-likeness (QED) is 0.649. The Hall–Kier alpha value is -2.59. The van der Waals surface area contributed by atoms with Crippen LogP contribution in [-0.2, 0) is 11.3 Å². The van der Waals surface area contributed by atoms with Crippen LogP contribution in [0.4, 0.5) is 0 Å². The standard InChI is InChI=1S/C20H22N2O2/c1-16(23-2)17-7-9-18(10-8-17)19-5-3-4-6-20(19)24-14-13-22-12-11-21-15-22/h3-12,15-16H,13-14H2,1-2H3. The summed E-state index contributed by atoms with van der Waals surface area (Å²) >= 11 is 0. The molecular weight excluding hydrogens is 300 g/mol. The molecule has 3 rings (SSSR count). The summed E-state index contributed by atoms with van der Waals surface area (Å²) < 4.78 is 13.4. The van der Waals surface area contributed by atoms with E-state index in [1.54, 1.807) is 19.6 Å². The third kappa shape index (κ3) is 3.84. The molecule has 0 N–H and O–H groups in total. The number of nitrogens with zero attached hydrogens (tertiary/aromatic N) is 2. The van der Waals surface area contributed by atoms with Crippen molar-refractivity contribution in [3.05, 3.63) is 72.8 Å². The zero-order valence-corrected chi connectivity index (χ0v) is 14.1. The van der Waals surface area contributed by atoms with Crippen molar-refractivity contribution in [3.8, 4) is 16.9 Å². The molecule has 2 aromatic carbocycles. The molecule has 0 amide bonds. The van der Waals surface area contributed by atoms with Crippen LogP contribution in [0.5, 0.6) is 5.75 Å². The lowest BCUT2D eigenvalue weighted by Crippen LogP contribution is -2.07. The first-order valence-electron chi connectivity index (χ1n) is 8.08. The molecule has 124 valence electrons. The van der Waals surface area contributed by atoms with Crippen LogP contribution in [-0.4, -0.2) is 23.3 Å². The summed E-state index contributed by atoms with van der Waals surface area (Å²) in [6.07, 6.45) is 5.60. The molecule has 0 aliphatic carbocycles. The summed E-state index contributed by atoms with van der Waals surface area (Å²) in [5, 5.41) is 0. The van der Waals surface area contributed by atoms with Gasteiger partial charge in [0.15, 0.2) is 0 Å². The second kappa shape index (κ2) is 7.79. The smallest absolute Gasteiger partial charge is 0.127 e. The molecule has 3 aromatic rings. The van der Waals surface area contributed by atoms with E-state index in [4.69, 9.17) is 9.47 Å². The monoisotopic (exact) mass is 322 g/mol. The second-order valence-corrected chi connectivity index (χ2v) is 5.65. The molecule has 0 aliphatic heterocycles. The topological polar surface area (TPSA) is 36.3 Å². The van der Waals surface area contributed by atoms with Crippen LogP contribution >= 0.6 is 0 Å². The average molecular weight is 322 g/mol. The number of imidazole rings is 1. The van der Waals surface area contributed by atoms with Gasteiger partial charge >= 0.3 is 0 Å². The highest BCUT2D eigenvalue weighted by Crippen LogP contribution is 2.31. The van der Waals surface area contributed by atoms with Crippen LogP contribution in [0.15, 0.2) is 67.3 Å². The van der Waals surface area contributed by atoms with E-state index in [-0.39, 0.29) is 6.10 Å². The second-order valence-electron chi connectivity index (χ2n) is 5.65. The maximum atomic E-state index is 5.99. The van der Waals surface area contributed by atoms with Crippen molar-refractivity contribution in [2.24, 2.45) is 0 Å². The van der Waals surface area contributed by atoms with Gasteiger partial charge in [-0.1, -0.05) is 42.5 Å². The molecule has 1 aromatic heterocycles. The van der Waals surface area contributed by atoms with E-state index in [0.717, 1.165) is 23.4 Å². The number of para-hydroxylation sites is 1. The Kier molecular flexibility index (Phi) is 5.29. The van der Waals surface area contributed by atoms with Gasteiger partial charge in [-0.2, -0.15) is 0 Å². The minimum Gasteiger partial charge on any atom is -0.491 e. The van der Waals surface area contributed by atoms with Gasteiger partial charge in [0.2, 0.25) is 0 Å². The highest BCUT2D eigenvalue weighted by molar-refractivity contribution is 5.70. The number of methoxy groups -OCH3 is 1. The molecule has 24 heavy (non-hydrogen) atoms. The van der Waals surface area contributed by atoms with E-state index in [2.05, 4.69) is 35.3 Å². The lowest BCUT2D eigenvalue weighted by Gasteiger charge is -2.14. The molecule has 1 unspecified atom stereocenters. The Balaban J connectivity index is 1.73. The van der Waals surface area contributed by atoms with Gasteiger partial charge in [-0.15, -0.1) is 0 Å². The lowest BCUT2D eigenvalue weighted by molar-refractivity contribution is 0.119. The summed E-state index contributed by atoms with van der Waals surface area (Å²) in [6.45, 7) is 3.42. The fourth-order valence-electron chi connectivity index (χ4n) is 2.58. The third-order valence-corrected chi connectivity index (χ3v) is 4.10. The molecule has 4 nitrogen and oxygen atoms in total. The summed E-state index contributed by atoms with van der Waals surface area (Å²) in [6, 6.07) is 16.6. The molecule has 0 saturated heterocycles. The van der Waals surface area contributed by atoms with Crippen molar-refractivity contribution in [2.75, 3.05) is 13.7 Å². The van der Waals surface area contributed by atoms with E-state index in [1.165, 1.54) is 5.56 Å². The number of benzene rings is 2. The van der Waals surface area contributed by atoms with E-state index in [1.807, 2.05) is 35.9 Å². The first-order chi connectivity index (χ1) is 11.8. The Labute approximate surface area is 142 Å². The SMILES string of the molecule is COC(C)c1ccc(-c2ccccc2OCCn2ccnc2)cc1. The summed E-state index contributed by atoms with van der Waals surface area (Å²) in [5.41, 5.74) is 3.40. The van der Waals surface area contributed by atoms with Gasteiger partial charge < -0.3 is 14.0 Å². The average Bonchev–Trinajstić information content (AvgIpc) is 3.15. The molecular formula is C20H22N2O2. The van der Waals surface area contributed by atoms with Crippen molar-refractivity contribution in [1.82, 2.24) is 9.55 Å². The molecule has 0 spiro atoms. The van der Waals surface area contributed by atoms with Crippen molar-refractivity contribution >= 4 is 0 Å². The van der Waals surface area contributed by atoms with E-state index < -0.39 is 0 Å². The van der Waals surface area contributed by atoms with Crippen molar-refractivity contribution < 1.29 is 9.47 Å². The predicted octanol–water partition coefficient (Wildman–Crippen LogP) is 4.34. The van der Waals surface area contributed by atoms with E-state index in [9.17, 15) is 0 Å². The normalized spacial score (nSPS) is 12.1.